The van der Waals surface area contributed by atoms with Crippen molar-refractivity contribution in [3.63, 3.8) is 0 Å². The van der Waals surface area contributed by atoms with Crippen LogP contribution in [-0.2, 0) is 24.7 Å². The Balaban J connectivity index is 0.761. The molecule has 1 fully saturated rings. The highest BCUT2D eigenvalue weighted by atomic mass is 32.1. The zero-order valence-electron chi connectivity index (χ0n) is 42.2. The van der Waals surface area contributed by atoms with Crippen LogP contribution in [0.1, 0.15) is 93.0 Å². The number of likely N-dealkylation sites (tertiary alicyclic amines) is 1. The van der Waals surface area contributed by atoms with Crippen LogP contribution in [0.3, 0.4) is 0 Å². The van der Waals surface area contributed by atoms with E-state index in [9.17, 15) is 24.6 Å². The van der Waals surface area contributed by atoms with Gasteiger partial charge in [0.2, 0.25) is 11.8 Å². The molecule has 16 heteroatoms. The molecular formula is C57H64N6O9S. The Morgan fingerprint density at radius 3 is 2.32 bits per heavy atom. The molecular weight excluding hydrogens is 945 g/mol. The van der Waals surface area contributed by atoms with Gasteiger partial charge in [-0.1, -0.05) is 99.6 Å². The Labute approximate surface area is 430 Å². The summed E-state index contributed by atoms with van der Waals surface area (Å²) in [5, 5.41) is 28.2. The molecule has 0 aliphatic carbocycles. The molecule has 15 nitrogen and oxygen atoms in total. The highest BCUT2D eigenvalue weighted by Gasteiger charge is 2.48. The SMILES string of the molecule is CC/C(=C(\c1ccc(O)cc1)c1ccc(OCCN(C)C(=O)CCCOCCOc2cc([C@@H](C(=O)N3C[C@H](O)C[C@H]3C3=NC(=O)[C@](C)(c4ccc(-c5scnc5C)cc4)N3)C(C)C)on2)cc1)c1ccccc1. The third kappa shape index (κ3) is 12.2. The number of hydrogen-bond acceptors (Lipinski definition) is 13. The molecule has 8 rings (SSSR count). The number of aliphatic imine (C=N–C) groups is 1. The number of amidine groups is 1. The van der Waals surface area contributed by atoms with Gasteiger partial charge in [-0.25, -0.2) is 4.98 Å². The molecule has 2 aromatic heterocycles. The molecule has 0 unspecified atom stereocenters. The number of phenols is 1. The Morgan fingerprint density at radius 2 is 1.64 bits per heavy atom. The standard InChI is InChI=1S/C57H64N6O9S/c1-7-46(38-12-9-8-10-13-38)52(39-17-23-43(64)24-18-39)40-19-25-45(26-20-40)70-29-27-62(6)50(66)14-11-28-69-30-31-71-49-33-48(72-61-49)51(36(2)3)55(67)63-34-44(65)32-47(63)54-59-56(68)57(5,60-54)42-21-15-41(16-22-42)53-37(4)58-35-73-53/h8-10,12-13,15-26,33,35-36,44,47,51,64-65H,7,11,14,27-32,34H2,1-6H3,(H,59,60,68)/b52-46-/t44-,47+,51+,57+/m1/s1. The lowest BCUT2D eigenvalue weighted by atomic mass is 9.88. The largest absolute Gasteiger partial charge is 0.508 e. The van der Waals surface area contributed by atoms with Crippen molar-refractivity contribution in [1.29, 1.82) is 0 Å². The van der Waals surface area contributed by atoms with Crippen molar-refractivity contribution < 1.29 is 43.3 Å². The van der Waals surface area contributed by atoms with Gasteiger partial charge >= 0.3 is 0 Å². The summed E-state index contributed by atoms with van der Waals surface area (Å²) in [6.07, 6.45) is 1.07. The highest BCUT2D eigenvalue weighted by Crippen LogP contribution is 2.38. The second-order valence-corrected chi connectivity index (χ2v) is 19.8. The number of nitrogens with zero attached hydrogens (tertiary/aromatic N) is 5. The van der Waals surface area contributed by atoms with E-state index in [1.54, 1.807) is 53.3 Å². The topological polar surface area (TPSA) is 189 Å². The Bertz CT molecular complexity index is 2900. The molecule has 6 aromatic rings. The van der Waals surface area contributed by atoms with Crippen LogP contribution in [-0.4, -0.2) is 112 Å². The van der Waals surface area contributed by atoms with Gasteiger partial charge in [0.15, 0.2) is 5.76 Å². The van der Waals surface area contributed by atoms with E-state index in [0.717, 1.165) is 50.4 Å². The number of carbonyl (C=O) groups excluding carboxylic acids is 3. The van der Waals surface area contributed by atoms with Gasteiger partial charge in [-0.05, 0) is 101 Å². The number of nitrogens with one attached hydrogen (secondary N) is 1. The number of aliphatic hydroxyl groups is 1. The molecule has 0 radical (unpaired) electrons. The number of phenolic OH excluding ortho intramolecular Hbond substituents is 1. The number of likely N-dealkylation sites (N-methyl/N-ethyl adjacent to an activating group) is 1. The van der Waals surface area contributed by atoms with E-state index in [1.165, 1.54) is 5.57 Å². The van der Waals surface area contributed by atoms with Crippen LogP contribution >= 0.6 is 11.3 Å². The number of benzene rings is 4. The fourth-order valence-corrected chi connectivity index (χ4v) is 10.2. The minimum absolute atomic E-state index is 0.0155. The molecule has 0 spiro atoms. The number of thiazole rings is 1. The summed E-state index contributed by atoms with van der Waals surface area (Å²) < 4.78 is 23.3. The van der Waals surface area contributed by atoms with Crippen LogP contribution in [0.4, 0.5) is 0 Å². The van der Waals surface area contributed by atoms with Crippen LogP contribution in [0.2, 0.25) is 0 Å². The maximum atomic E-state index is 14.4. The fraction of sp³-hybridized carbons (Fsp3) is 0.368. The molecule has 4 atom stereocenters. The number of rotatable bonds is 22. The van der Waals surface area contributed by atoms with Crippen molar-refractivity contribution in [3.05, 3.63) is 148 Å². The predicted molar refractivity (Wildman–Crippen MR) is 281 cm³/mol. The monoisotopic (exact) mass is 1010 g/mol. The van der Waals surface area contributed by atoms with E-state index >= 15 is 0 Å². The minimum Gasteiger partial charge on any atom is -0.508 e. The number of aromatic nitrogens is 2. The summed E-state index contributed by atoms with van der Waals surface area (Å²) in [6, 6.07) is 34.2. The van der Waals surface area contributed by atoms with Crippen LogP contribution in [0.25, 0.3) is 21.6 Å². The first-order valence-corrected chi connectivity index (χ1v) is 25.7. The number of allylic oxidation sites excluding steroid dienone is 1. The van der Waals surface area contributed by atoms with Crippen molar-refractivity contribution in [3.8, 4) is 27.8 Å². The lowest BCUT2D eigenvalue weighted by Crippen LogP contribution is -2.51. The molecule has 0 saturated carbocycles. The van der Waals surface area contributed by atoms with E-state index in [2.05, 4.69) is 39.5 Å². The van der Waals surface area contributed by atoms with Crippen molar-refractivity contribution in [2.24, 2.45) is 10.9 Å². The second kappa shape index (κ2) is 23.6. The molecule has 3 N–H and O–H groups in total. The van der Waals surface area contributed by atoms with Crippen LogP contribution < -0.4 is 14.8 Å². The van der Waals surface area contributed by atoms with Gasteiger partial charge in [-0.15, -0.1) is 11.3 Å². The summed E-state index contributed by atoms with van der Waals surface area (Å²) in [4.78, 5) is 53.9. The maximum absolute atomic E-state index is 14.4. The third-order valence-electron chi connectivity index (χ3n) is 13.5. The van der Waals surface area contributed by atoms with E-state index in [0.29, 0.717) is 49.9 Å². The van der Waals surface area contributed by atoms with Crippen molar-refractivity contribution in [1.82, 2.24) is 25.3 Å². The van der Waals surface area contributed by atoms with Gasteiger partial charge in [-0.2, -0.15) is 4.99 Å². The van der Waals surface area contributed by atoms with E-state index in [-0.39, 0.29) is 61.4 Å². The van der Waals surface area contributed by atoms with E-state index < -0.39 is 23.6 Å². The number of amides is 3. The number of carbonyl (C=O) groups is 3. The Kier molecular flexibility index (Phi) is 16.9. The molecule has 2 aliphatic heterocycles. The number of aromatic hydroxyl groups is 1. The molecule has 3 amide bonds. The Hall–Kier alpha value is -7.14. The first-order chi connectivity index (χ1) is 35.2. The molecule has 4 heterocycles. The third-order valence-corrected chi connectivity index (χ3v) is 14.5. The second-order valence-electron chi connectivity index (χ2n) is 19.0. The quantitative estimate of drug-likeness (QED) is 0.0433. The first-order valence-electron chi connectivity index (χ1n) is 24.9. The molecule has 73 heavy (non-hydrogen) atoms. The average molecular weight is 1010 g/mol. The number of hydrogen-bond donors (Lipinski definition) is 3. The maximum Gasteiger partial charge on any atom is 0.277 e. The van der Waals surface area contributed by atoms with E-state index in [4.69, 9.17) is 18.7 Å². The lowest BCUT2D eigenvalue weighted by Gasteiger charge is -2.31. The predicted octanol–water partition coefficient (Wildman–Crippen LogP) is 9.04. The Morgan fingerprint density at radius 1 is 0.932 bits per heavy atom. The summed E-state index contributed by atoms with van der Waals surface area (Å²) in [6.45, 7) is 11.3. The normalized spacial score (nSPS) is 18.3. The lowest BCUT2D eigenvalue weighted by molar-refractivity contribution is -0.134. The van der Waals surface area contributed by atoms with Gasteiger partial charge in [0.1, 0.15) is 42.0 Å². The van der Waals surface area contributed by atoms with Gasteiger partial charge in [0.25, 0.3) is 11.8 Å². The highest BCUT2D eigenvalue weighted by molar-refractivity contribution is 7.13. The van der Waals surface area contributed by atoms with Crippen molar-refractivity contribution in [2.75, 3.05) is 46.6 Å². The molecule has 0 bridgehead atoms. The summed E-state index contributed by atoms with van der Waals surface area (Å²) in [5.41, 5.74) is 8.81. The summed E-state index contributed by atoms with van der Waals surface area (Å²) in [7, 11) is 1.76. The zero-order valence-corrected chi connectivity index (χ0v) is 43.1. The number of aliphatic hydroxyl groups excluding tert-OH is 1. The number of ether oxygens (including phenoxy) is 3. The average Bonchev–Trinajstić information content (AvgIpc) is 4.20. The number of β-amino-alcohol motifs (C(OH)–C–C–N with tert-alkyl or cyclic N) is 1. The molecule has 4 aromatic carbocycles. The molecule has 1 saturated heterocycles. The van der Waals surface area contributed by atoms with Crippen molar-refractivity contribution >= 4 is 46.0 Å². The first kappa shape index (κ1) is 52.2. The van der Waals surface area contributed by atoms with Crippen LogP contribution in [0.15, 0.2) is 124 Å². The summed E-state index contributed by atoms with van der Waals surface area (Å²) >= 11 is 1.56. The van der Waals surface area contributed by atoms with Gasteiger partial charge in [-0.3, -0.25) is 14.4 Å². The van der Waals surface area contributed by atoms with Crippen molar-refractivity contribution in [2.45, 2.75) is 83.9 Å². The van der Waals surface area contributed by atoms with Gasteiger partial charge < -0.3 is 44.1 Å². The fourth-order valence-electron chi connectivity index (χ4n) is 9.44. The number of aryl methyl sites for hydroxylation is 1. The smallest absolute Gasteiger partial charge is 0.277 e. The van der Waals surface area contributed by atoms with Gasteiger partial charge in [0.05, 0.1) is 41.4 Å². The van der Waals surface area contributed by atoms with Gasteiger partial charge in [0, 0.05) is 39.1 Å². The minimum atomic E-state index is -1.15. The molecule has 2 aliphatic rings. The summed E-state index contributed by atoms with van der Waals surface area (Å²) in [5.74, 6) is 0.150. The zero-order chi connectivity index (χ0) is 51.6. The van der Waals surface area contributed by atoms with Crippen LogP contribution in [0.5, 0.6) is 17.4 Å². The van der Waals surface area contributed by atoms with Crippen LogP contribution in [0, 0.1) is 12.8 Å². The molecule has 382 valence electrons. The van der Waals surface area contributed by atoms with E-state index in [1.807, 2.05) is 105 Å².